The van der Waals surface area contributed by atoms with Crippen molar-refractivity contribution < 1.29 is 14.3 Å². The van der Waals surface area contributed by atoms with Crippen LogP contribution in [-0.4, -0.2) is 50.6 Å². The van der Waals surface area contributed by atoms with E-state index < -0.39 is 5.91 Å². The summed E-state index contributed by atoms with van der Waals surface area (Å²) in [5.41, 5.74) is 7.23. The predicted octanol–water partition coefficient (Wildman–Crippen LogP) is 1.95. The van der Waals surface area contributed by atoms with Crippen LogP contribution in [0.25, 0.3) is 0 Å². The molecule has 0 radical (unpaired) electrons. The fraction of sp³-hybridized carbons (Fsp3) is 0.333. The van der Waals surface area contributed by atoms with Gasteiger partial charge in [0.05, 0.1) is 6.54 Å². The number of para-hydroxylation sites is 1. The number of likely N-dealkylation sites (N-methyl/N-ethyl adjacent to an activating group) is 1. The minimum absolute atomic E-state index is 0.137. The zero-order valence-electron chi connectivity index (χ0n) is 16.6. The predicted molar refractivity (Wildman–Crippen MR) is 111 cm³/mol. The molecule has 0 saturated heterocycles. The van der Waals surface area contributed by atoms with Gasteiger partial charge in [-0.15, -0.1) is 0 Å². The Morgan fingerprint density at radius 1 is 1.18 bits per heavy atom. The zero-order valence-corrected chi connectivity index (χ0v) is 16.6. The molecule has 1 amide bonds. The van der Waals surface area contributed by atoms with E-state index in [4.69, 9.17) is 15.2 Å². The van der Waals surface area contributed by atoms with Gasteiger partial charge in [0.1, 0.15) is 18.1 Å². The molecule has 2 aromatic rings. The zero-order chi connectivity index (χ0) is 20.4. The molecule has 0 atom stereocenters. The lowest BCUT2D eigenvalue weighted by Crippen LogP contribution is -2.40. The maximum absolute atomic E-state index is 10.8. The molecule has 0 spiro atoms. The molecule has 0 bridgehead atoms. The van der Waals surface area contributed by atoms with Crippen LogP contribution in [0, 0.1) is 6.92 Å². The number of rotatable bonds is 9. The van der Waals surface area contributed by atoms with Crippen molar-refractivity contribution in [3.63, 3.8) is 0 Å². The first-order valence-corrected chi connectivity index (χ1v) is 9.10. The van der Waals surface area contributed by atoms with Crippen molar-refractivity contribution in [1.82, 2.24) is 10.2 Å². The number of aryl methyl sites for hydroxylation is 1. The number of benzene rings is 2. The van der Waals surface area contributed by atoms with Gasteiger partial charge in [-0.2, -0.15) is 0 Å². The first kappa shape index (κ1) is 21.1. The number of hydrogen-bond acceptors (Lipinski definition) is 4. The van der Waals surface area contributed by atoms with Crippen molar-refractivity contribution in [3.8, 4) is 11.5 Å². The number of carbonyl (C=O) groups is 1. The quantitative estimate of drug-likeness (QED) is 0.509. The normalized spacial score (nSPS) is 11.0. The van der Waals surface area contributed by atoms with Gasteiger partial charge in [0.2, 0.25) is 0 Å². The van der Waals surface area contributed by atoms with Crippen molar-refractivity contribution in [2.24, 2.45) is 10.7 Å². The second-order valence-electron chi connectivity index (χ2n) is 6.34. The lowest BCUT2D eigenvalue weighted by Gasteiger charge is -2.22. The number of nitrogens with zero attached hydrogens (tertiary/aromatic N) is 2. The van der Waals surface area contributed by atoms with Crippen LogP contribution < -0.4 is 20.5 Å². The number of hydrogen-bond donors (Lipinski definition) is 2. The topological polar surface area (TPSA) is 89.2 Å². The number of nitrogens with two attached hydrogens (primary N) is 1. The van der Waals surface area contributed by atoms with Gasteiger partial charge in [-0.1, -0.05) is 30.3 Å². The molecular formula is C21H28N4O3. The first-order valence-electron chi connectivity index (χ1n) is 9.10. The Morgan fingerprint density at radius 2 is 1.96 bits per heavy atom. The second-order valence-corrected chi connectivity index (χ2v) is 6.34. The summed E-state index contributed by atoms with van der Waals surface area (Å²) in [6.45, 7) is 3.71. The van der Waals surface area contributed by atoms with Crippen LogP contribution in [0.2, 0.25) is 0 Å². The summed E-state index contributed by atoms with van der Waals surface area (Å²) in [7, 11) is 3.70. The summed E-state index contributed by atoms with van der Waals surface area (Å²) in [6.07, 6.45) is 0. The molecule has 0 aliphatic heterocycles. The molecule has 0 aromatic heterocycles. The highest BCUT2D eigenvalue weighted by Crippen LogP contribution is 2.16. The number of amides is 1. The van der Waals surface area contributed by atoms with Gasteiger partial charge < -0.3 is 25.4 Å². The van der Waals surface area contributed by atoms with Crippen LogP contribution in [0.15, 0.2) is 53.5 Å². The molecule has 150 valence electrons. The Balaban J connectivity index is 1.82. The van der Waals surface area contributed by atoms with E-state index in [-0.39, 0.29) is 6.61 Å². The molecule has 0 aliphatic rings. The molecule has 2 aromatic carbocycles. The summed E-state index contributed by atoms with van der Waals surface area (Å²) < 4.78 is 11.2. The number of ether oxygens (including phenoxy) is 2. The maximum Gasteiger partial charge on any atom is 0.255 e. The average Bonchev–Trinajstić information content (AvgIpc) is 2.68. The molecule has 0 heterocycles. The Morgan fingerprint density at radius 3 is 2.68 bits per heavy atom. The SMILES string of the molecule is CN=C(NCc1cccc(OCC(N)=O)c1)N(C)CCOc1ccccc1C. The Kier molecular flexibility index (Phi) is 8.14. The number of carbonyl (C=O) groups excluding carboxylic acids is 1. The van der Waals surface area contributed by atoms with Gasteiger partial charge in [-0.25, -0.2) is 0 Å². The van der Waals surface area contributed by atoms with Gasteiger partial charge in [-0.05, 0) is 36.2 Å². The maximum atomic E-state index is 10.8. The minimum Gasteiger partial charge on any atom is -0.491 e. The highest BCUT2D eigenvalue weighted by Gasteiger charge is 2.07. The fourth-order valence-electron chi connectivity index (χ4n) is 2.58. The largest absolute Gasteiger partial charge is 0.491 e. The summed E-state index contributed by atoms with van der Waals surface area (Å²) in [4.78, 5) is 17.2. The minimum atomic E-state index is -0.501. The molecule has 0 aliphatic carbocycles. The van der Waals surface area contributed by atoms with Gasteiger partial charge >= 0.3 is 0 Å². The third-order valence-corrected chi connectivity index (χ3v) is 4.08. The highest BCUT2D eigenvalue weighted by molar-refractivity contribution is 5.79. The fourth-order valence-corrected chi connectivity index (χ4v) is 2.58. The van der Waals surface area contributed by atoms with Crippen molar-refractivity contribution in [2.45, 2.75) is 13.5 Å². The van der Waals surface area contributed by atoms with Gasteiger partial charge in [0.15, 0.2) is 12.6 Å². The molecule has 7 nitrogen and oxygen atoms in total. The lowest BCUT2D eigenvalue weighted by atomic mass is 10.2. The third kappa shape index (κ3) is 6.83. The summed E-state index contributed by atoms with van der Waals surface area (Å²) in [5.74, 6) is 1.76. The molecule has 7 heteroatoms. The van der Waals surface area contributed by atoms with Crippen molar-refractivity contribution in [1.29, 1.82) is 0 Å². The molecule has 0 fully saturated rings. The molecule has 0 saturated carbocycles. The van der Waals surface area contributed by atoms with E-state index >= 15 is 0 Å². The number of nitrogens with one attached hydrogen (secondary N) is 1. The summed E-state index contributed by atoms with van der Waals surface area (Å²) in [5, 5.41) is 3.31. The Bertz CT molecular complexity index is 808. The van der Waals surface area contributed by atoms with Crippen LogP contribution >= 0.6 is 0 Å². The third-order valence-electron chi connectivity index (χ3n) is 4.08. The van der Waals surface area contributed by atoms with Gasteiger partial charge in [0.25, 0.3) is 5.91 Å². The number of primary amides is 1. The van der Waals surface area contributed by atoms with Crippen LogP contribution in [0.4, 0.5) is 0 Å². The molecule has 2 rings (SSSR count). The average molecular weight is 384 g/mol. The van der Waals surface area contributed by atoms with Crippen molar-refractivity contribution in [3.05, 3.63) is 59.7 Å². The summed E-state index contributed by atoms with van der Waals surface area (Å²) in [6, 6.07) is 15.5. The molecule has 3 N–H and O–H groups in total. The lowest BCUT2D eigenvalue weighted by molar-refractivity contribution is -0.119. The Hall–Kier alpha value is -3.22. The van der Waals surface area contributed by atoms with Gasteiger partial charge in [0, 0.05) is 20.6 Å². The van der Waals surface area contributed by atoms with Gasteiger partial charge in [-0.3, -0.25) is 9.79 Å². The van der Waals surface area contributed by atoms with Crippen LogP contribution in [0.1, 0.15) is 11.1 Å². The number of aliphatic imine (C=N–C) groups is 1. The van der Waals surface area contributed by atoms with E-state index in [1.54, 1.807) is 13.1 Å². The second kappa shape index (κ2) is 10.8. The van der Waals surface area contributed by atoms with Crippen LogP contribution in [0.3, 0.4) is 0 Å². The van der Waals surface area contributed by atoms with E-state index in [1.807, 2.05) is 61.3 Å². The first-order chi connectivity index (χ1) is 13.5. The van der Waals surface area contributed by atoms with E-state index in [0.717, 1.165) is 22.8 Å². The van der Waals surface area contributed by atoms with Crippen molar-refractivity contribution >= 4 is 11.9 Å². The van der Waals surface area contributed by atoms with Crippen LogP contribution in [0.5, 0.6) is 11.5 Å². The summed E-state index contributed by atoms with van der Waals surface area (Å²) >= 11 is 0. The molecule has 28 heavy (non-hydrogen) atoms. The highest BCUT2D eigenvalue weighted by atomic mass is 16.5. The smallest absolute Gasteiger partial charge is 0.255 e. The van der Waals surface area contributed by atoms with E-state index in [0.29, 0.717) is 25.4 Å². The molecular weight excluding hydrogens is 356 g/mol. The standard InChI is InChI=1S/C21H28N4O3/c1-16-7-4-5-10-19(16)27-12-11-25(3)21(23-2)24-14-17-8-6-9-18(13-17)28-15-20(22)26/h4-10,13H,11-12,14-15H2,1-3H3,(H2,22,26)(H,23,24). The van der Waals surface area contributed by atoms with E-state index in [9.17, 15) is 4.79 Å². The molecule has 0 unspecified atom stereocenters. The Labute approximate surface area is 166 Å². The van der Waals surface area contributed by atoms with E-state index in [2.05, 4.69) is 10.3 Å². The van der Waals surface area contributed by atoms with Crippen molar-refractivity contribution in [2.75, 3.05) is 33.9 Å². The monoisotopic (exact) mass is 384 g/mol. The van der Waals surface area contributed by atoms with E-state index in [1.165, 1.54) is 0 Å². The number of guanidine groups is 1. The van der Waals surface area contributed by atoms with Crippen LogP contribution in [-0.2, 0) is 11.3 Å².